The molecular weight excluding hydrogens is 416 g/mol. The first-order valence-electron chi connectivity index (χ1n) is 10.2. The van der Waals surface area contributed by atoms with Crippen LogP contribution in [0.4, 0.5) is 0 Å². The number of nitrogens with zero attached hydrogens (tertiary/aromatic N) is 2. The second-order valence-electron chi connectivity index (χ2n) is 7.43. The number of nitrogens with one attached hydrogen (secondary N) is 2. The Morgan fingerprint density at radius 1 is 1.20 bits per heavy atom. The maximum Gasteiger partial charge on any atom is 0.252 e. The number of hydrogen-bond donors (Lipinski definition) is 2. The Morgan fingerprint density at radius 3 is 2.73 bits per heavy atom. The van der Waals surface area contributed by atoms with Gasteiger partial charge in [-0.3, -0.25) is 9.59 Å². The van der Waals surface area contributed by atoms with Crippen molar-refractivity contribution in [1.82, 2.24) is 20.3 Å². The molecule has 0 radical (unpaired) electrons. The molecule has 1 amide bonds. The lowest BCUT2D eigenvalue weighted by atomic mass is 9.95. The summed E-state index contributed by atoms with van der Waals surface area (Å²) < 4.78 is 0. The van der Waals surface area contributed by atoms with E-state index in [9.17, 15) is 9.59 Å². The van der Waals surface area contributed by atoms with Crippen LogP contribution in [0, 0.1) is 6.92 Å². The minimum atomic E-state index is -0.232. The molecule has 0 bridgehead atoms. The Hall–Kier alpha value is -2.45. The highest BCUT2D eigenvalue weighted by Gasteiger charge is 2.17. The van der Waals surface area contributed by atoms with Gasteiger partial charge in [-0.15, -0.1) is 11.3 Å². The molecule has 8 heteroatoms. The first kappa shape index (κ1) is 20.8. The van der Waals surface area contributed by atoms with Crippen LogP contribution in [0.2, 0.25) is 0 Å². The van der Waals surface area contributed by atoms with Gasteiger partial charge in [0.05, 0.1) is 22.0 Å². The van der Waals surface area contributed by atoms with Gasteiger partial charge in [0.25, 0.3) is 5.56 Å². The smallest absolute Gasteiger partial charge is 0.252 e. The zero-order valence-electron chi connectivity index (χ0n) is 16.8. The summed E-state index contributed by atoms with van der Waals surface area (Å²) in [7, 11) is 0. The number of aromatic amines is 1. The van der Waals surface area contributed by atoms with Crippen molar-refractivity contribution in [3.8, 4) is 21.1 Å². The van der Waals surface area contributed by atoms with Crippen molar-refractivity contribution in [2.45, 2.75) is 50.2 Å². The van der Waals surface area contributed by atoms with Crippen LogP contribution >= 0.6 is 23.1 Å². The van der Waals surface area contributed by atoms with Gasteiger partial charge in [-0.2, -0.15) is 0 Å². The number of carbonyl (C=O) groups excluding carboxylic acids is 1. The van der Waals surface area contributed by atoms with Gasteiger partial charge in [0, 0.05) is 17.7 Å². The minimum Gasteiger partial charge on any atom is -0.353 e. The van der Waals surface area contributed by atoms with Crippen LogP contribution in [-0.2, 0) is 4.79 Å². The maximum absolute atomic E-state index is 12.3. The van der Waals surface area contributed by atoms with E-state index in [-0.39, 0.29) is 23.3 Å². The third kappa shape index (κ3) is 5.17. The lowest BCUT2D eigenvalue weighted by Gasteiger charge is -2.22. The molecule has 2 heterocycles. The fourth-order valence-corrected chi connectivity index (χ4v) is 5.33. The van der Waals surface area contributed by atoms with Gasteiger partial charge in [0.15, 0.2) is 5.16 Å². The van der Waals surface area contributed by atoms with Crippen molar-refractivity contribution in [2.75, 3.05) is 5.75 Å². The van der Waals surface area contributed by atoms with E-state index in [0.29, 0.717) is 10.9 Å². The monoisotopic (exact) mass is 440 g/mol. The number of rotatable bonds is 6. The Bertz CT molecular complexity index is 1070. The number of thioether (sulfide) groups is 1. The van der Waals surface area contributed by atoms with E-state index in [1.807, 2.05) is 37.3 Å². The van der Waals surface area contributed by atoms with Crippen LogP contribution in [0.1, 0.15) is 37.8 Å². The summed E-state index contributed by atoms with van der Waals surface area (Å²) in [6, 6.07) is 11.7. The number of benzene rings is 1. The van der Waals surface area contributed by atoms with E-state index in [2.05, 4.69) is 20.3 Å². The zero-order valence-corrected chi connectivity index (χ0v) is 18.4. The van der Waals surface area contributed by atoms with E-state index < -0.39 is 0 Å². The molecule has 1 aromatic carbocycles. The average Bonchev–Trinajstić information content (AvgIpc) is 3.15. The number of hydrogen-bond acceptors (Lipinski definition) is 6. The predicted molar refractivity (Wildman–Crippen MR) is 122 cm³/mol. The first-order chi connectivity index (χ1) is 14.6. The van der Waals surface area contributed by atoms with Crippen LogP contribution in [-0.4, -0.2) is 32.7 Å². The molecule has 6 nitrogen and oxygen atoms in total. The molecule has 0 aliphatic heterocycles. The number of aryl methyl sites for hydroxylation is 1. The van der Waals surface area contributed by atoms with E-state index in [1.165, 1.54) is 48.4 Å². The molecule has 0 atom stereocenters. The molecule has 0 unspecified atom stereocenters. The van der Waals surface area contributed by atoms with Crippen LogP contribution in [0.15, 0.2) is 46.3 Å². The number of H-pyrrole nitrogens is 1. The fourth-order valence-electron chi connectivity index (χ4n) is 3.61. The molecule has 1 fully saturated rings. The highest BCUT2D eigenvalue weighted by Crippen LogP contribution is 2.34. The molecule has 1 aliphatic carbocycles. The minimum absolute atomic E-state index is 0.0136. The molecule has 3 aromatic rings. The highest BCUT2D eigenvalue weighted by atomic mass is 32.2. The second-order valence-corrected chi connectivity index (χ2v) is 9.39. The second kappa shape index (κ2) is 9.57. The quantitative estimate of drug-likeness (QED) is 0.438. The Morgan fingerprint density at radius 2 is 1.97 bits per heavy atom. The van der Waals surface area contributed by atoms with Gasteiger partial charge in [0.2, 0.25) is 5.91 Å². The summed E-state index contributed by atoms with van der Waals surface area (Å²) in [6.07, 6.45) is 5.70. The van der Waals surface area contributed by atoms with Crippen molar-refractivity contribution >= 4 is 29.0 Å². The van der Waals surface area contributed by atoms with Crippen LogP contribution in [0.5, 0.6) is 0 Å². The van der Waals surface area contributed by atoms with Gasteiger partial charge in [-0.1, -0.05) is 61.4 Å². The number of carbonyl (C=O) groups is 1. The first-order valence-corrected chi connectivity index (χ1v) is 12.0. The Balaban J connectivity index is 1.48. The predicted octanol–water partition coefficient (Wildman–Crippen LogP) is 4.41. The van der Waals surface area contributed by atoms with E-state index in [4.69, 9.17) is 0 Å². The largest absolute Gasteiger partial charge is 0.353 e. The molecule has 30 heavy (non-hydrogen) atoms. The molecule has 2 N–H and O–H groups in total. The van der Waals surface area contributed by atoms with Crippen LogP contribution < -0.4 is 10.9 Å². The van der Waals surface area contributed by atoms with Gasteiger partial charge in [-0.05, 0) is 19.8 Å². The highest BCUT2D eigenvalue weighted by molar-refractivity contribution is 7.99. The Kier molecular flexibility index (Phi) is 6.64. The lowest BCUT2D eigenvalue weighted by Crippen LogP contribution is -2.37. The molecule has 0 saturated heterocycles. The Labute approximate surface area is 183 Å². The molecule has 2 aromatic heterocycles. The van der Waals surface area contributed by atoms with Crippen molar-refractivity contribution < 1.29 is 4.79 Å². The van der Waals surface area contributed by atoms with E-state index >= 15 is 0 Å². The zero-order chi connectivity index (χ0) is 20.9. The number of amides is 1. The third-order valence-electron chi connectivity index (χ3n) is 5.08. The summed E-state index contributed by atoms with van der Waals surface area (Å²) in [6.45, 7) is 1.92. The molecule has 156 valence electrons. The van der Waals surface area contributed by atoms with Gasteiger partial charge in [-0.25, -0.2) is 9.97 Å². The third-order valence-corrected chi connectivity index (χ3v) is 7.18. The fraction of sp³-hybridized carbons (Fsp3) is 0.364. The number of aromatic nitrogens is 3. The molecule has 1 aliphatic rings. The molecule has 0 spiro atoms. The van der Waals surface area contributed by atoms with Gasteiger partial charge in [0.1, 0.15) is 5.01 Å². The SMILES string of the molecule is Cc1nc(-c2ccccc2)sc1-c1cc(=O)[nH]c(SCC(=O)NC2CCCCC2)n1. The van der Waals surface area contributed by atoms with Crippen molar-refractivity contribution in [2.24, 2.45) is 0 Å². The normalized spacial score (nSPS) is 14.6. The van der Waals surface area contributed by atoms with Gasteiger partial charge < -0.3 is 10.3 Å². The summed E-state index contributed by atoms with van der Waals surface area (Å²) >= 11 is 2.77. The van der Waals surface area contributed by atoms with Crippen molar-refractivity contribution in [3.63, 3.8) is 0 Å². The molecular formula is C22H24N4O2S2. The maximum atomic E-state index is 12.3. The van der Waals surface area contributed by atoms with Crippen molar-refractivity contribution in [3.05, 3.63) is 52.4 Å². The van der Waals surface area contributed by atoms with Crippen molar-refractivity contribution in [1.29, 1.82) is 0 Å². The summed E-state index contributed by atoms with van der Waals surface area (Å²) in [5.74, 6) is 0.222. The summed E-state index contributed by atoms with van der Waals surface area (Å²) in [5, 5.41) is 4.44. The average molecular weight is 441 g/mol. The summed E-state index contributed by atoms with van der Waals surface area (Å²) in [4.78, 5) is 37.3. The molecule has 4 rings (SSSR count). The standard InChI is InChI=1S/C22H24N4O2S2/c1-14-20(30-21(23-14)15-8-4-2-5-9-15)17-12-18(27)26-22(25-17)29-13-19(28)24-16-10-6-3-7-11-16/h2,4-5,8-9,12,16H,3,6-7,10-11,13H2,1H3,(H,24,28)(H,25,26,27). The lowest BCUT2D eigenvalue weighted by molar-refractivity contribution is -0.119. The summed E-state index contributed by atoms with van der Waals surface area (Å²) in [5.41, 5.74) is 2.23. The molecule has 1 saturated carbocycles. The van der Waals surface area contributed by atoms with Gasteiger partial charge >= 0.3 is 0 Å². The number of thiazole rings is 1. The van der Waals surface area contributed by atoms with Crippen LogP contribution in [0.25, 0.3) is 21.1 Å². The van der Waals surface area contributed by atoms with Crippen LogP contribution in [0.3, 0.4) is 0 Å². The topological polar surface area (TPSA) is 87.7 Å². The van der Waals surface area contributed by atoms with E-state index in [0.717, 1.165) is 34.0 Å². The van der Waals surface area contributed by atoms with E-state index in [1.54, 1.807) is 0 Å².